The molecule has 1 aliphatic rings. The van der Waals surface area contributed by atoms with Crippen LogP contribution in [-0.4, -0.2) is 43.2 Å². The highest BCUT2D eigenvalue weighted by atomic mass is 19.4. The second-order valence-electron chi connectivity index (χ2n) is 6.61. The van der Waals surface area contributed by atoms with Gasteiger partial charge in [0.05, 0.1) is 17.4 Å². The minimum Gasteiger partial charge on any atom is -0.341 e. The Kier molecular flexibility index (Phi) is 4.40. The second kappa shape index (κ2) is 6.77. The van der Waals surface area contributed by atoms with Crippen molar-refractivity contribution in [3.05, 3.63) is 52.7 Å². The van der Waals surface area contributed by atoms with Crippen LogP contribution < -0.4 is 5.56 Å². The maximum absolute atomic E-state index is 13.0. The van der Waals surface area contributed by atoms with Gasteiger partial charge in [-0.2, -0.15) is 18.3 Å². The molecule has 0 atom stereocenters. The lowest BCUT2D eigenvalue weighted by Gasteiger charge is -2.15. The topological polar surface area (TPSA) is 73.0 Å². The Labute approximate surface area is 157 Å². The Morgan fingerprint density at radius 3 is 2.64 bits per heavy atom. The smallest absolute Gasteiger partial charge is 0.341 e. The van der Waals surface area contributed by atoms with Crippen molar-refractivity contribution in [1.29, 1.82) is 0 Å². The van der Waals surface area contributed by atoms with E-state index < -0.39 is 17.3 Å². The van der Waals surface area contributed by atoms with E-state index in [9.17, 15) is 22.8 Å². The molecule has 0 radical (unpaired) electrons. The molecule has 1 saturated heterocycles. The van der Waals surface area contributed by atoms with Gasteiger partial charge in [0.25, 0.3) is 5.56 Å². The molecule has 0 spiro atoms. The van der Waals surface area contributed by atoms with E-state index in [0.717, 1.165) is 25.0 Å². The molecule has 7 nitrogen and oxygen atoms in total. The summed E-state index contributed by atoms with van der Waals surface area (Å²) >= 11 is 0. The summed E-state index contributed by atoms with van der Waals surface area (Å²) in [7, 11) is 0. The summed E-state index contributed by atoms with van der Waals surface area (Å²) in [6.45, 7) is 1.23. The number of rotatable bonds is 3. The Bertz CT molecular complexity index is 1100. The lowest BCUT2D eigenvalue weighted by Crippen LogP contribution is -2.34. The third kappa shape index (κ3) is 3.25. The number of alkyl halides is 3. The normalized spacial score (nSPS) is 14.8. The molecule has 0 unspecified atom stereocenters. The van der Waals surface area contributed by atoms with Gasteiger partial charge in [0.1, 0.15) is 18.3 Å². The molecule has 146 valence electrons. The third-order valence-electron chi connectivity index (χ3n) is 4.74. The number of likely N-dealkylation sites (tertiary alicyclic amines) is 1. The Balaban J connectivity index is 1.69. The number of hydrogen-bond donors (Lipinski definition) is 0. The molecule has 4 rings (SSSR count). The number of hydrogen-bond acceptors (Lipinski definition) is 4. The fourth-order valence-electron chi connectivity index (χ4n) is 3.28. The van der Waals surface area contributed by atoms with Crippen LogP contribution in [0.2, 0.25) is 0 Å². The summed E-state index contributed by atoms with van der Waals surface area (Å²) in [6.07, 6.45) is -0.120. The average molecular weight is 391 g/mol. The van der Waals surface area contributed by atoms with Crippen LogP contribution in [0.3, 0.4) is 0 Å². The molecule has 0 saturated carbocycles. The summed E-state index contributed by atoms with van der Waals surface area (Å²) in [6, 6.07) is 4.61. The van der Waals surface area contributed by atoms with Gasteiger partial charge in [-0.3, -0.25) is 14.2 Å². The van der Waals surface area contributed by atoms with Gasteiger partial charge in [-0.05, 0) is 31.0 Å². The standard InChI is InChI=1S/C18H16F3N5O2/c19-18(20,21)12-4-3-5-13(8-12)26-16-14(9-23-26)17(28)25(11-22-16)10-15(27)24-6-1-2-7-24/h3-5,8-9,11H,1-2,6-7,10H2. The number of halogens is 3. The number of benzene rings is 1. The summed E-state index contributed by atoms with van der Waals surface area (Å²) in [5.41, 5.74) is -1.01. The first kappa shape index (κ1) is 18.2. The first-order valence-electron chi connectivity index (χ1n) is 8.73. The third-order valence-corrected chi connectivity index (χ3v) is 4.74. The zero-order valence-electron chi connectivity index (χ0n) is 14.7. The number of amides is 1. The van der Waals surface area contributed by atoms with Crippen molar-refractivity contribution in [3.8, 4) is 5.69 Å². The van der Waals surface area contributed by atoms with Crippen molar-refractivity contribution in [3.63, 3.8) is 0 Å². The molecule has 10 heteroatoms. The predicted molar refractivity (Wildman–Crippen MR) is 93.9 cm³/mol. The van der Waals surface area contributed by atoms with Gasteiger partial charge in [-0.1, -0.05) is 6.07 Å². The van der Waals surface area contributed by atoms with Crippen LogP contribution in [-0.2, 0) is 17.5 Å². The minimum atomic E-state index is -4.49. The van der Waals surface area contributed by atoms with Gasteiger partial charge < -0.3 is 4.90 Å². The van der Waals surface area contributed by atoms with Gasteiger partial charge in [0.15, 0.2) is 5.65 Å². The number of carbonyl (C=O) groups is 1. The van der Waals surface area contributed by atoms with Crippen LogP contribution >= 0.6 is 0 Å². The van der Waals surface area contributed by atoms with E-state index in [2.05, 4.69) is 10.1 Å². The van der Waals surface area contributed by atoms with Crippen LogP contribution in [0.1, 0.15) is 18.4 Å². The van der Waals surface area contributed by atoms with E-state index >= 15 is 0 Å². The summed E-state index contributed by atoms with van der Waals surface area (Å²) in [4.78, 5) is 30.8. The fraction of sp³-hybridized carbons (Fsp3) is 0.333. The maximum atomic E-state index is 13.0. The monoisotopic (exact) mass is 391 g/mol. The first-order valence-corrected chi connectivity index (χ1v) is 8.73. The zero-order chi connectivity index (χ0) is 19.9. The molecule has 0 aliphatic carbocycles. The predicted octanol–water partition coefficient (Wildman–Crippen LogP) is 2.22. The van der Waals surface area contributed by atoms with Crippen LogP contribution in [0.5, 0.6) is 0 Å². The maximum Gasteiger partial charge on any atom is 0.416 e. The van der Waals surface area contributed by atoms with E-state index in [0.29, 0.717) is 13.1 Å². The van der Waals surface area contributed by atoms with Crippen molar-refractivity contribution >= 4 is 16.9 Å². The van der Waals surface area contributed by atoms with Crippen molar-refractivity contribution in [2.45, 2.75) is 25.6 Å². The Hall–Kier alpha value is -3.17. The van der Waals surface area contributed by atoms with Crippen molar-refractivity contribution in [2.24, 2.45) is 0 Å². The van der Waals surface area contributed by atoms with Crippen molar-refractivity contribution < 1.29 is 18.0 Å². The quantitative estimate of drug-likeness (QED) is 0.686. The number of aromatic nitrogens is 4. The highest BCUT2D eigenvalue weighted by molar-refractivity contribution is 5.78. The summed E-state index contributed by atoms with van der Waals surface area (Å²) in [5.74, 6) is -0.161. The molecule has 0 bridgehead atoms. The average Bonchev–Trinajstić information content (AvgIpc) is 3.33. The highest BCUT2D eigenvalue weighted by Gasteiger charge is 2.30. The van der Waals surface area contributed by atoms with Crippen LogP contribution in [0.4, 0.5) is 13.2 Å². The van der Waals surface area contributed by atoms with Gasteiger partial charge >= 0.3 is 6.18 Å². The number of nitrogens with zero attached hydrogens (tertiary/aromatic N) is 5. The van der Waals surface area contributed by atoms with E-state index in [4.69, 9.17) is 0 Å². The lowest BCUT2D eigenvalue weighted by molar-refractivity contribution is -0.137. The molecular weight excluding hydrogens is 375 g/mol. The molecule has 3 heterocycles. The van der Waals surface area contributed by atoms with Gasteiger partial charge in [0, 0.05) is 13.1 Å². The molecule has 2 aromatic heterocycles. The molecule has 1 aliphatic heterocycles. The molecular formula is C18H16F3N5O2. The van der Waals surface area contributed by atoms with E-state index in [1.807, 2.05) is 0 Å². The Morgan fingerprint density at radius 1 is 1.18 bits per heavy atom. The second-order valence-corrected chi connectivity index (χ2v) is 6.61. The highest BCUT2D eigenvalue weighted by Crippen LogP contribution is 2.30. The molecule has 1 amide bonds. The van der Waals surface area contributed by atoms with E-state index in [1.54, 1.807) is 4.90 Å². The van der Waals surface area contributed by atoms with Gasteiger partial charge in [-0.25, -0.2) is 9.67 Å². The van der Waals surface area contributed by atoms with Crippen LogP contribution in [0.15, 0.2) is 41.6 Å². The number of fused-ring (bicyclic) bond motifs is 1. The minimum absolute atomic E-state index is 0.128. The molecule has 1 aromatic carbocycles. The molecule has 1 fully saturated rings. The SMILES string of the molecule is O=C(Cn1cnc2c(cnn2-c2cccc(C(F)(F)F)c2)c1=O)N1CCCC1. The summed E-state index contributed by atoms with van der Waals surface area (Å²) < 4.78 is 41.2. The van der Waals surface area contributed by atoms with Gasteiger partial charge in [-0.15, -0.1) is 0 Å². The van der Waals surface area contributed by atoms with E-state index in [1.165, 1.54) is 33.9 Å². The van der Waals surface area contributed by atoms with Crippen molar-refractivity contribution in [2.75, 3.05) is 13.1 Å². The first-order chi connectivity index (χ1) is 13.3. The van der Waals surface area contributed by atoms with Gasteiger partial charge in [0.2, 0.25) is 5.91 Å². The zero-order valence-corrected chi connectivity index (χ0v) is 14.7. The molecule has 3 aromatic rings. The Morgan fingerprint density at radius 2 is 1.93 bits per heavy atom. The lowest BCUT2D eigenvalue weighted by atomic mass is 10.2. The van der Waals surface area contributed by atoms with Crippen molar-refractivity contribution in [1.82, 2.24) is 24.2 Å². The van der Waals surface area contributed by atoms with Crippen LogP contribution in [0.25, 0.3) is 16.7 Å². The fourth-order valence-corrected chi connectivity index (χ4v) is 3.28. The largest absolute Gasteiger partial charge is 0.416 e. The van der Waals surface area contributed by atoms with Crippen LogP contribution in [0, 0.1) is 0 Å². The molecule has 28 heavy (non-hydrogen) atoms. The number of carbonyl (C=O) groups excluding carboxylic acids is 1. The van der Waals surface area contributed by atoms with E-state index in [-0.39, 0.29) is 29.2 Å². The molecule has 0 N–H and O–H groups in total. The summed E-state index contributed by atoms with van der Waals surface area (Å²) in [5, 5.41) is 4.16.